The molecular formula is C9H12N2O4. The molecule has 1 atom stereocenters. The Balaban J connectivity index is 2.51. The third-order valence-electron chi connectivity index (χ3n) is 1.95. The van der Waals surface area contributed by atoms with Gasteiger partial charge in [0.25, 0.3) is 5.91 Å². The van der Waals surface area contributed by atoms with Gasteiger partial charge in [-0.3, -0.25) is 9.59 Å². The highest BCUT2D eigenvalue weighted by molar-refractivity contribution is 5.93. The third-order valence-corrected chi connectivity index (χ3v) is 1.95. The molecule has 0 radical (unpaired) electrons. The Hall–Kier alpha value is -1.85. The molecule has 1 rings (SSSR count). The first-order valence-electron chi connectivity index (χ1n) is 4.44. The number of carboxylic acids is 1. The Bertz CT molecular complexity index is 372. The van der Waals surface area contributed by atoms with Crippen molar-refractivity contribution in [1.29, 1.82) is 0 Å². The van der Waals surface area contributed by atoms with Crippen LogP contribution in [0.3, 0.4) is 0 Å². The first-order chi connectivity index (χ1) is 7.02. The van der Waals surface area contributed by atoms with Gasteiger partial charge in [0.15, 0.2) is 5.69 Å². The van der Waals surface area contributed by atoms with Crippen molar-refractivity contribution < 1.29 is 19.2 Å². The molecule has 0 saturated heterocycles. The largest absolute Gasteiger partial charge is 0.481 e. The van der Waals surface area contributed by atoms with E-state index in [0.717, 1.165) is 0 Å². The van der Waals surface area contributed by atoms with Crippen molar-refractivity contribution in [2.45, 2.75) is 13.8 Å². The zero-order chi connectivity index (χ0) is 11.4. The molecule has 1 aromatic rings. The molecule has 0 spiro atoms. The number of aromatic nitrogens is 1. The maximum absolute atomic E-state index is 11.4. The molecule has 2 N–H and O–H groups in total. The molecule has 0 aliphatic heterocycles. The van der Waals surface area contributed by atoms with Crippen LogP contribution in [0.15, 0.2) is 10.8 Å². The highest BCUT2D eigenvalue weighted by atomic mass is 16.5. The number of hydrogen-bond donors (Lipinski definition) is 2. The van der Waals surface area contributed by atoms with Gasteiger partial charge in [-0.1, -0.05) is 12.1 Å². The van der Waals surface area contributed by atoms with Crippen LogP contribution in [0, 0.1) is 12.8 Å². The van der Waals surface area contributed by atoms with Gasteiger partial charge in [-0.15, -0.1) is 0 Å². The molecule has 82 valence electrons. The molecule has 0 aromatic carbocycles. The molecule has 1 unspecified atom stereocenters. The lowest BCUT2D eigenvalue weighted by atomic mass is 10.2. The molecular weight excluding hydrogens is 200 g/mol. The smallest absolute Gasteiger partial charge is 0.308 e. The second kappa shape index (κ2) is 4.59. The number of hydrogen-bond acceptors (Lipinski definition) is 4. The van der Waals surface area contributed by atoms with E-state index in [1.165, 1.54) is 13.2 Å². The van der Waals surface area contributed by atoms with E-state index >= 15 is 0 Å². The van der Waals surface area contributed by atoms with Crippen LogP contribution < -0.4 is 5.32 Å². The lowest BCUT2D eigenvalue weighted by molar-refractivity contribution is -0.140. The third kappa shape index (κ3) is 2.80. The van der Waals surface area contributed by atoms with E-state index in [-0.39, 0.29) is 12.2 Å². The van der Waals surface area contributed by atoms with Crippen molar-refractivity contribution in [1.82, 2.24) is 10.5 Å². The average Bonchev–Trinajstić information content (AvgIpc) is 2.60. The van der Waals surface area contributed by atoms with Crippen molar-refractivity contribution in [3.63, 3.8) is 0 Å². The highest BCUT2D eigenvalue weighted by Crippen LogP contribution is 2.04. The normalized spacial score (nSPS) is 12.1. The number of carbonyl (C=O) groups is 2. The standard InChI is InChI=1S/C9H12N2O4/c1-5(9(13)14)3-10-8(12)7-6(2)4-15-11-7/h4-5H,3H2,1-2H3,(H,10,12)(H,13,14). The summed E-state index contributed by atoms with van der Waals surface area (Å²) in [7, 11) is 0. The number of rotatable bonds is 4. The van der Waals surface area contributed by atoms with Gasteiger partial charge in [0, 0.05) is 12.1 Å². The molecule has 6 heteroatoms. The number of amides is 1. The average molecular weight is 212 g/mol. The molecule has 0 saturated carbocycles. The summed E-state index contributed by atoms with van der Waals surface area (Å²) in [6, 6.07) is 0. The Morgan fingerprint density at radius 3 is 2.80 bits per heavy atom. The topological polar surface area (TPSA) is 92.4 Å². The van der Waals surface area contributed by atoms with Gasteiger partial charge in [-0.05, 0) is 6.92 Å². The minimum atomic E-state index is -0.952. The minimum absolute atomic E-state index is 0.0699. The summed E-state index contributed by atoms with van der Waals surface area (Å²) in [5, 5.41) is 14.6. The summed E-state index contributed by atoms with van der Waals surface area (Å²) in [6.45, 7) is 3.27. The SMILES string of the molecule is Cc1conc1C(=O)NCC(C)C(=O)O. The molecule has 1 amide bonds. The van der Waals surface area contributed by atoms with E-state index in [1.807, 2.05) is 0 Å². The Morgan fingerprint density at radius 2 is 2.33 bits per heavy atom. The minimum Gasteiger partial charge on any atom is -0.481 e. The highest BCUT2D eigenvalue weighted by Gasteiger charge is 2.16. The van der Waals surface area contributed by atoms with Crippen LogP contribution in [0.2, 0.25) is 0 Å². The van der Waals surface area contributed by atoms with Crippen LogP contribution in [0.5, 0.6) is 0 Å². The van der Waals surface area contributed by atoms with E-state index in [9.17, 15) is 9.59 Å². The summed E-state index contributed by atoms with van der Waals surface area (Å²) in [5.41, 5.74) is 0.808. The van der Waals surface area contributed by atoms with Gasteiger partial charge < -0.3 is 14.9 Å². The number of aryl methyl sites for hydroxylation is 1. The zero-order valence-corrected chi connectivity index (χ0v) is 8.48. The second-order valence-electron chi connectivity index (χ2n) is 3.30. The maximum Gasteiger partial charge on any atom is 0.308 e. The summed E-state index contributed by atoms with van der Waals surface area (Å²) in [6.07, 6.45) is 1.36. The molecule has 0 fully saturated rings. The Morgan fingerprint density at radius 1 is 1.67 bits per heavy atom. The fraction of sp³-hybridized carbons (Fsp3) is 0.444. The zero-order valence-electron chi connectivity index (χ0n) is 8.48. The number of nitrogens with one attached hydrogen (secondary N) is 1. The lowest BCUT2D eigenvalue weighted by Gasteiger charge is -2.06. The lowest BCUT2D eigenvalue weighted by Crippen LogP contribution is -2.31. The predicted octanol–water partition coefficient (Wildman–Crippen LogP) is 0.434. The molecule has 6 nitrogen and oxygen atoms in total. The van der Waals surface area contributed by atoms with Crippen LogP contribution in [0.1, 0.15) is 23.0 Å². The first kappa shape index (κ1) is 11.2. The van der Waals surface area contributed by atoms with Gasteiger partial charge in [0.1, 0.15) is 6.26 Å². The first-order valence-corrected chi connectivity index (χ1v) is 4.44. The van der Waals surface area contributed by atoms with Crippen molar-refractivity contribution in [2.24, 2.45) is 5.92 Å². The quantitative estimate of drug-likeness (QED) is 0.755. The molecule has 1 aromatic heterocycles. The fourth-order valence-electron chi connectivity index (χ4n) is 0.923. The van der Waals surface area contributed by atoms with Gasteiger partial charge in [-0.25, -0.2) is 0 Å². The van der Waals surface area contributed by atoms with E-state index in [4.69, 9.17) is 5.11 Å². The Kier molecular flexibility index (Phi) is 3.43. The maximum atomic E-state index is 11.4. The summed E-state index contributed by atoms with van der Waals surface area (Å²) in [5.74, 6) is -2.00. The fourth-order valence-corrected chi connectivity index (χ4v) is 0.923. The molecule has 1 heterocycles. The van der Waals surface area contributed by atoms with Gasteiger partial charge >= 0.3 is 5.97 Å². The second-order valence-corrected chi connectivity index (χ2v) is 3.30. The summed E-state index contributed by atoms with van der Waals surface area (Å²) >= 11 is 0. The molecule has 0 bridgehead atoms. The van der Waals surface area contributed by atoms with Crippen molar-refractivity contribution >= 4 is 11.9 Å². The van der Waals surface area contributed by atoms with E-state index in [1.54, 1.807) is 6.92 Å². The van der Waals surface area contributed by atoms with Crippen LogP contribution in [-0.4, -0.2) is 28.7 Å². The monoisotopic (exact) mass is 212 g/mol. The number of nitrogens with zero attached hydrogens (tertiary/aromatic N) is 1. The summed E-state index contributed by atoms with van der Waals surface area (Å²) in [4.78, 5) is 21.9. The molecule has 15 heavy (non-hydrogen) atoms. The molecule has 0 aliphatic carbocycles. The van der Waals surface area contributed by atoms with E-state index in [2.05, 4.69) is 15.0 Å². The van der Waals surface area contributed by atoms with Crippen LogP contribution in [0.4, 0.5) is 0 Å². The van der Waals surface area contributed by atoms with Crippen LogP contribution in [-0.2, 0) is 4.79 Å². The van der Waals surface area contributed by atoms with Crippen LogP contribution in [0.25, 0.3) is 0 Å². The number of carboxylic acid groups (broad SMARTS) is 1. The Labute approximate surface area is 86.3 Å². The van der Waals surface area contributed by atoms with Gasteiger partial charge in [0.2, 0.25) is 0 Å². The van der Waals surface area contributed by atoms with Crippen molar-refractivity contribution in [2.75, 3.05) is 6.54 Å². The van der Waals surface area contributed by atoms with Gasteiger partial charge in [0.05, 0.1) is 5.92 Å². The van der Waals surface area contributed by atoms with E-state index < -0.39 is 17.8 Å². The number of aliphatic carboxylic acids is 1. The van der Waals surface area contributed by atoms with Crippen LogP contribution >= 0.6 is 0 Å². The van der Waals surface area contributed by atoms with Crippen molar-refractivity contribution in [3.05, 3.63) is 17.5 Å². The van der Waals surface area contributed by atoms with E-state index in [0.29, 0.717) is 5.56 Å². The summed E-state index contributed by atoms with van der Waals surface area (Å²) < 4.78 is 4.59. The number of carbonyl (C=O) groups excluding carboxylic acids is 1. The molecule has 0 aliphatic rings. The predicted molar refractivity (Wildman–Crippen MR) is 50.4 cm³/mol. The van der Waals surface area contributed by atoms with Crippen molar-refractivity contribution in [3.8, 4) is 0 Å². The van der Waals surface area contributed by atoms with Gasteiger partial charge in [-0.2, -0.15) is 0 Å².